The molecule has 3 rings (SSSR count). The van der Waals surface area contributed by atoms with Crippen LogP contribution in [0.25, 0.3) is 5.69 Å². The molecule has 1 aliphatic rings. The van der Waals surface area contributed by atoms with Gasteiger partial charge < -0.3 is 5.32 Å². The van der Waals surface area contributed by atoms with E-state index >= 15 is 0 Å². The molecular weight excluding hydrogens is 260 g/mol. The highest BCUT2D eigenvalue weighted by atomic mass is 15.5. The minimum absolute atomic E-state index is 0.336. The zero-order valence-corrected chi connectivity index (χ0v) is 12.7. The van der Waals surface area contributed by atoms with E-state index in [0.29, 0.717) is 6.04 Å². The molecule has 1 saturated carbocycles. The molecule has 0 aliphatic heterocycles. The van der Waals surface area contributed by atoms with Crippen molar-refractivity contribution in [2.75, 3.05) is 6.54 Å². The van der Waals surface area contributed by atoms with Gasteiger partial charge in [0.05, 0.1) is 17.9 Å². The molecule has 1 unspecified atom stereocenters. The van der Waals surface area contributed by atoms with Crippen molar-refractivity contribution >= 4 is 0 Å². The second-order valence-corrected chi connectivity index (χ2v) is 5.92. The van der Waals surface area contributed by atoms with Gasteiger partial charge in [0.15, 0.2) is 0 Å². The van der Waals surface area contributed by atoms with Gasteiger partial charge in [-0.1, -0.05) is 38.0 Å². The second kappa shape index (κ2) is 6.85. The second-order valence-electron chi connectivity index (χ2n) is 5.92. The van der Waals surface area contributed by atoms with E-state index in [1.165, 1.54) is 19.3 Å². The van der Waals surface area contributed by atoms with E-state index < -0.39 is 0 Å². The van der Waals surface area contributed by atoms with Crippen LogP contribution in [0.5, 0.6) is 0 Å². The molecule has 1 aromatic carbocycles. The Morgan fingerprint density at radius 2 is 2.10 bits per heavy atom. The van der Waals surface area contributed by atoms with Crippen LogP contribution in [-0.2, 0) is 0 Å². The molecule has 1 aliphatic carbocycles. The lowest BCUT2D eigenvalue weighted by Crippen LogP contribution is -2.23. The summed E-state index contributed by atoms with van der Waals surface area (Å²) < 4.78 is 0. The molecule has 0 amide bonds. The van der Waals surface area contributed by atoms with Gasteiger partial charge in [-0.05, 0) is 43.9 Å². The summed E-state index contributed by atoms with van der Waals surface area (Å²) in [6.07, 6.45) is 8.35. The Hall–Kier alpha value is -1.68. The summed E-state index contributed by atoms with van der Waals surface area (Å²) in [5, 5.41) is 12.7. The number of nitrogens with one attached hydrogen (secondary N) is 1. The number of aromatic nitrogens is 3. The van der Waals surface area contributed by atoms with E-state index in [9.17, 15) is 0 Å². The number of hydrogen-bond donors (Lipinski definition) is 1. The van der Waals surface area contributed by atoms with Crippen molar-refractivity contribution in [2.24, 2.45) is 5.92 Å². The molecule has 0 bridgehead atoms. The number of hydrogen-bond acceptors (Lipinski definition) is 3. The highest BCUT2D eigenvalue weighted by Gasteiger charge is 2.24. The SMILES string of the molecule is CCCNC(CCC1CC1)c1cnn(-c2ccccc2)n1. The molecule has 1 aromatic heterocycles. The van der Waals surface area contributed by atoms with E-state index in [1.54, 1.807) is 4.80 Å². The Kier molecular flexibility index (Phi) is 4.65. The summed E-state index contributed by atoms with van der Waals surface area (Å²) in [7, 11) is 0. The Morgan fingerprint density at radius 1 is 1.29 bits per heavy atom. The third-order valence-corrected chi connectivity index (χ3v) is 4.05. The van der Waals surface area contributed by atoms with Gasteiger partial charge in [-0.3, -0.25) is 0 Å². The zero-order valence-electron chi connectivity index (χ0n) is 12.7. The van der Waals surface area contributed by atoms with Gasteiger partial charge in [0, 0.05) is 0 Å². The van der Waals surface area contributed by atoms with Crippen LogP contribution in [0.4, 0.5) is 0 Å². The van der Waals surface area contributed by atoms with Gasteiger partial charge in [0.1, 0.15) is 5.69 Å². The first-order valence-electron chi connectivity index (χ1n) is 8.08. The molecule has 112 valence electrons. The van der Waals surface area contributed by atoms with Gasteiger partial charge in [-0.15, -0.1) is 0 Å². The molecular formula is C17H24N4. The minimum Gasteiger partial charge on any atom is -0.309 e. The monoisotopic (exact) mass is 284 g/mol. The molecule has 4 nitrogen and oxygen atoms in total. The van der Waals surface area contributed by atoms with Crippen LogP contribution in [0.15, 0.2) is 36.5 Å². The summed E-state index contributed by atoms with van der Waals surface area (Å²) >= 11 is 0. The van der Waals surface area contributed by atoms with Crippen molar-refractivity contribution in [3.8, 4) is 5.69 Å². The van der Waals surface area contributed by atoms with Crippen molar-refractivity contribution in [3.63, 3.8) is 0 Å². The first kappa shape index (κ1) is 14.3. The van der Waals surface area contributed by atoms with E-state index in [2.05, 4.69) is 22.4 Å². The van der Waals surface area contributed by atoms with Crippen LogP contribution in [0.3, 0.4) is 0 Å². The topological polar surface area (TPSA) is 42.7 Å². The van der Waals surface area contributed by atoms with Gasteiger partial charge >= 0.3 is 0 Å². The van der Waals surface area contributed by atoms with E-state index in [4.69, 9.17) is 0 Å². The Morgan fingerprint density at radius 3 is 2.81 bits per heavy atom. The minimum atomic E-state index is 0.336. The molecule has 4 heteroatoms. The molecule has 2 aromatic rings. The summed E-state index contributed by atoms with van der Waals surface area (Å²) in [5.41, 5.74) is 2.08. The number of nitrogens with zero attached hydrogens (tertiary/aromatic N) is 3. The lowest BCUT2D eigenvalue weighted by molar-refractivity contribution is 0.458. The molecule has 1 fully saturated rings. The van der Waals surface area contributed by atoms with Crippen LogP contribution in [-0.4, -0.2) is 21.5 Å². The molecule has 0 saturated heterocycles. The zero-order chi connectivity index (χ0) is 14.5. The van der Waals surface area contributed by atoms with Crippen LogP contribution in [0, 0.1) is 5.92 Å². The fourth-order valence-corrected chi connectivity index (χ4v) is 2.60. The fourth-order valence-electron chi connectivity index (χ4n) is 2.60. The Bertz CT molecular complexity index is 545. The van der Waals surface area contributed by atoms with Crippen LogP contribution >= 0.6 is 0 Å². The standard InChI is InChI=1S/C17H24N4/c1-2-12-18-16(11-10-14-8-9-14)17-13-19-21(20-17)15-6-4-3-5-7-15/h3-7,13-14,16,18H,2,8-12H2,1H3. The van der Waals surface area contributed by atoms with Crippen LogP contribution in [0.1, 0.15) is 50.8 Å². The van der Waals surface area contributed by atoms with Gasteiger partial charge in [0.2, 0.25) is 0 Å². The molecule has 1 N–H and O–H groups in total. The third kappa shape index (κ3) is 3.91. The molecule has 1 atom stereocenters. The smallest absolute Gasteiger partial charge is 0.100 e. The molecule has 0 spiro atoms. The van der Waals surface area contributed by atoms with Crippen molar-refractivity contribution in [1.82, 2.24) is 20.3 Å². The predicted molar refractivity (Wildman–Crippen MR) is 84.4 cm³/mol. The van der Waals surface area contributed by atoms with Gasteiger partial charge in [-0.2, -0.15) is 15.0 Å². The van der Waals surface area contributed by atoms with Gasteiger partial charge in [0.25, 0.3) is 0 Å². The van der Waals surface area contributed by atoms with Crippen molar-refractivity contribution in [3.05, 3.63) is 42.2 Å². The number of para-hydroxylation sites is 1. The molecule has 1 heterocycles. The largest absolute Gasteiger partial charge is 0.309 e. The highest BCUT2D eigenvalue weighted by molar-refractivity contribution is 5.28. The highest BCUT2D eigenvalue weighted by Crippen LogP contribution is 2.35. The Balaban J connectivity index is 1.70. The van der Waals surface area contributed by atoms with Crippen LogP contribution in [0.2, 0.25) is 0 Å². The molecule has 21 heavy (non-hydrogen) atoms. The van der Waals surface area contributed by atoms with Crippen molar-refractivity contribution < 1.29 is 0 Å². The average molecular weight is 284 g/mol. The lowest BCUT2D eigenvalue weighted by atomic mass is 10.1. The van der Waals surface area contributed by atoms with E-state index in [-0.39, 0.29) is 0 Å². The van der Waals surface area contributed by atoms with Crippen LogP contribution < -0.4 is 5.32 Å². The summed E-state index contributed by atoms with van der Waals surface area (Å²) in [5.74, 6) is 0.958. The number of benzene rings is 1. The maximum absolute atomic E-state index is 4.68. The fraction of sp³-hybridized carbons (Fsp3) is 0.529. The number of rotatable bonds is 8. The summed E-state index contributed by atoms with van der Waals surface area (Å²) in [6, 6.07) is 10.4. The maximum atomic E-state index is 4.68. The van der Waals surface area contributed by atoms with Crippen molar-refractivity contribution in [2.45, 2.75) is 45.1 Å². The normalized spacial score (nSPS) is 16.0. The van der Waals surface area contributed by atoms with Gasteiger partial charge in [-0.25, -0.2) is 0 Å². The molecule has 0 radical (unpaired) electrons. The summed E-state index contributed by atoms with van der Waals surface area (Å²) in [6.45, 7) is 3.24. The average Bonchev–Trinajstić information content (AvgIpc) is 3.23. The third-order valence-electron chi connectivity index (χ3n) is 4.05. The van der Waals surface area contributed by atoms with Crippen molar-refractivity contribution in [1.29, 1.82) is 0 Å². The quantitative estimate of drug-likeness (QED) is 0.807. The lowest BCUT2D eigenvalue weighted by Gasteiger charge is -2.15. The Labute approximate surface area is 126 Å². The first-order valence-corrected chi connectivity index (χ1v) is 8.08. The first-order chi connectivity index (χ1) is 10.4. The summed E-state index contributed by atoms with van der Waals surface area (Å²) in [4.78, 5) is 1.73. The van der Waals surface area contributed by atoms with E-state index in [1.807, 2.05) is 36.5 Å². The van der Waals surface area contributed by atoms with E-state index in [0.717, 1.165) is 36.7 Å². The predicted octanol–water partition coefficient (Wildman–Crippen LogP) is 3.50. The maximum Gasteiger partial charge on any atom is 0.100 e.